The summed E-state index contributed by atoms with van der Waals surface area (Å²) in [4.78, 5) is 28.6. The minimum atomic E-state index is -0.352. The predicted octanol–water partition coefficient (Wildman–Crippen LogP) is 4.85. The highest BCUT2D eigenvalue weighted by atomic mass is 16.5. The van der Waals surface area contributed by atoms with Crippen molar-refractivity contribution in [1.82, 2.24) is 10.1 Å². The molecule has 166 valence electrons. The maximum Gasteiger partial charge on any atom is 0.323 e. The van der Waals surface area contributed by atoms with Crippen molar-refractivity contribution in [2.24, 2.45) is 0 Å². The van der Waals surface area contributed by atoms with Crippen LogP contribution in [-0.2, 0) is 6.61 Å². The maximum absolute atomic E-state index is 12.5. The Labute approximate surface area is 189 Å². The summed E-state index contributed by atoms with van der Waals surface area (Å²) in [6.45, 7) is 1.88. The molecule has 4 aromatic rings. The number of ether oxygens (including phenoxy) is 1. The molecule has 4 rings (SSSR count). The number of amides is 3. The monoisotopic (exact) mass is 443 g/mol. The standard InChI is InChI=1S/C24H21N5O4/c1-16-25-22(29-33-16)15-32-21-13-7-17(8-14-21)23(30)26-19-9-11-20(12-10-19)28-24(31)27-18-5-3-2-4-6-18/h2-14H,15H2,1H3,(H,26,30)(H2,27,28,31). The number of anilines is 3. The van der Waals surface area contributed by atoms with Gasteiger partial charge in [-0.05, 0) is 60.7 Å². The number of carbonyl (C=O) groups is 2. The molecule has 3 N–H and O–H groups in total. The van der Waals surface area contributed by atoms with Crippen molar-refractivity contribution in [2.75, 3.05) is 16.0 Å². The fourth-order valence-electron chi connectivity index (χ4n) is 2.91. The molecule has 0 radical (unpaired) electrons. The third-order valence-corrected chi connectivity index (χ3v) is 4.49. The summed E-state index contributed by atoms with van der Waals surface area (Å²) in [7, 11) is 0. The van der Waals surface area contributed by atoms with E-state index in [1.807, 2.05) is 18.2 Å². The van der Waals surface area contributed by atoms with Crippen LogP contribution in [-0.4, -0.2) is 22.1 Å². The van der Waals surface area contributed by atoms with Gasteiger partial charge in [-0.15, -0.1) is 0 Å². The first-order valence-corrected chi connectivity index (χ1v) is 10.1. The molecular weight excluding hydrogens is 422 g/mol. The van der Waals surface area contributed by atoms with E-state index >= 15 is 0 Å². The Bertz CT molecular complexity index is 1220. The molecule has 0 saturated carbocycles. The molecule has 9 nitrogen and oxygen atoms in total. The smallest absolute Gasteiger partial charge is 0.323 e. The second kappa shape index (κ2) is 10.1. The second-order valence-electron chi connectivity index (χ2n) is 7.02. The number of para-hydroxylation sites is 1. The van der Waals surface area contributed by atoms with E-state index in [1.165, 1.54) is 0 Å². The van der Waals surface area contributed by atoms with Gasteiger partial charge in [-0.2, -0.15) is 4.98 Å². The topological polar surface area (TPSA) is 118 Å². The van der Waals surface area contributed by atoms with Crippen LogP contribution in [0.5, 0.6) is 5.75 Å². The van der Waals surface area contributed by atoms with E-state index < -0.39 is 0 Å². The zero-order valence-electron chi connectivity index (χ0n) is 17.7. The molecule has 9 heteroatoms. The number of nitrogens with one attached hydrogen (secondary N) is 3. The first kappa shape index (κ1) is 21.6. The number of aryl methyl sites for hydroxylation is 1. The molecule has 0 unspecified atom stereocenters. The van der Waals surface area contributed by atoms with E-state index in [-0.39, 0.29) is 18.5 Å². The van der Waals surface area contributed by atoms with Gasteiger partial charge in [-0.3, -0.25) is 4.79 Å². The van der Waals surface area contributed by atoms with Crippen LogP contribution in [0.15, 0.2) is 83.4 Å². The zero-order chi connectivity index (χ0) is 23.0. The van der Waals surface area contributed by atoms with Crippen LogP contribution in [0, 0.1) is 6.92 Å². The molecule has 1 heterocycles. The summed E-state index contributed by atoms with van der Waals surface area (Å²) in [5, 5.41) is 12.1. The van der Waals surface area contributed by atoms with Gasteiger partial charge in [0.05, 0.1) is 0 Å². The van der Waals surface area contributed by atoms with Crippen LogP contribution in [0.25, 0.3) is 0 Å². The van der Waals surface area contributed by atoms with Gasteiger partial charge in [0.25, 0.3) is 5.91 Å². The minimum Gasteiger partial charge on any atom is -0.485 e. The number of benzene rings is 3. The summed E-state index contributed by atoms with van der Waals surface area (Å²) in [6, 6.07) is 22.3. The van der Waals surface area contributed by atoms with Crippen LogP contribution in [0.2, 0.25) is 0 Å². The highest BCUT2D eigenvalue weighted by Gasteiger charge is 2.08. The molecular formula is C24H21N5O4. The third-order valence-electron chi connectivity index (χ3n) is 4.49. The molecule has 0 fully saturated rings. The average molecular weight is 443 g/mol. The van der Waals surface area contributed by atoms with E-state index in [2.05, 4.69) is 26.1 Å². The van der Waals surface area contributed by atoms with Crippen LogP contribution in [0.1, 0.15) is 22.1 Å². The summed E-state index contributed by atoms with van der Waals surface area (Å²) in [5.74, 6) is 1.24. The van der Waals surface area contributed by atoms with Crippen molar-refractivity contribution in [3.8, 4) is 5.75 Å². The van der Waals surface area contributed by atoms with Crippen molar-refractivity contribution in [3.63, 3.8) is 0 Å². The minimum absolute atomic E-state index is 0.173. The highest BCUT2D eigenvalue weighted by molar-refractivity contribution is 6.04. The van der Waals surface area contributed by atoms with Gasteiger partial charge in [-0.25, -0.2) is 4.79 Å². The molecule has 1 aromatic heterocycles. The van der Waals surface area contributed by atoms with Gasteiger partial charge in [0.2, 0.25) is 11.7 Å². The lowest BCUT2D eigenvalue weighted by Crippen LogP contribution is -2.19. The Balaban J connectivity index is 1.27. The largest absolute Gasteiger partial charge is 0.485 e. The van der Waals surface area contributed by atoms with Crippen molar-refractivity contribution in [3.05, 3.63) is 96.1 Å². The van der Waals surface area contributed by atoms with E-state index in [1.54, 1.807) is 67.6 Å². The van der Waals surface area contributed by atoms with Gasteiger partial charge < -0.3 is 25.2 Å². The van der Waals surface area contributed by atoms with Crippen molar-refractivity contribution < 1.29 is 18.8 Å². The van der Waals surface area contributed by atoms with Crippen molar-refractivity contribution in [2.45, 2.75) is 13.5 Å². The Morgan fingerprint density at radius 2 is 1.42 bits per heavy atom. The molecule has 0 aliphatic heterocycles. The summed E-state index contributed by atoms with van der Waals surface area (Å²) in [5.41, 5.74) is 2.36. The molecule has 0 saturated heterocycles. The van der Waals surface area contributed by atoms with E-state index in [4.69, 9.17) is 9.26 Å². The molecule has 33 heavy (non-hydrogen) atoms. The van der Waals surface area contributed by atoms with Gasteiger partial charge >= 0.3 is 6.03 Å². The lowest BCUT2D eigenvalue weighted by Gasteiger charge is -2.09. The van der Waals surface area contributed by atoms with Crippen LogP contribution in [0.4, 0.5) is 21.9 Å². The molecule has 0 bridgehead atoms. The third kappa shape index (κ3) is 6.17. The Kier molecular flexibility index (Phi) is 6.60. The highest BCUT2D eigenvalue weighted by Crippen LogP contribution is 2.17. The zero-order valence-corrected chi connectivity index (χ0v) is 17.7. The number of hydrogen-bond acceptors (Lipinski definition) is 6. The van der Waals surface area contributed by atoms with E-state index in [9.17, 15) is 9.59 Å². The normalized spacial score (nSPS) is 10.3. The molecule has 0 atom stereocenters. The molecule has 3 aromatic carbocycles. The number of urea groups is 1. The van der Waals surface area contributed by atoms with Gasteiger partial charge in [-0.1, -0.05) is 23.4 Å². The number of rotatable bonds is 7. The van der Waals surface area contributed by atoms with E-state index in [0.29, 0.717) is 40.1 Å². The number of hydrogen-bond donors (Lipinski definition) is 3. The van der Waals surface area contributed by atoms with Gasteiger partial charge in [0.15, 0.2) is 6.61 Å². The molecule has 0 spiro atoms. The predicted molar refractivity (Wildman–Crippen MR) is 123 cm³/mol. The molecule has 3 amide bonds. The number of carbonyl (C=O) groups excluding carboxylic acids is 2. The Hall–Kier alpha value is -4.66. The number of aromatic nitrogens is 2. The quantitative estimate of drug-likeness (QED) is 0.376. The fraction of sp³-hybridized carbons (Fsp3) is 0.0833. The Morgan fingerprint density at radius 1 is 0.818 bits per heavy atom. The SMILES string of the molecule is Cc1nc(COc2ccc(C(=O)Nc3ccc(NC(=O)Nc4ccccc4)cc3)cc2)no1. The van der Waals surface area contributed by atoms with Crippen molar-refractivity contribution in [1.29, 1.82) is 0 Å². The maximum atomic E-state index is 12.5. The lowest BCUT2D eigenvalue weighted by molar-refractivity contribution is 0.102. The van der Waals surface area contributed by atoms with Crippen LogP contribution in [0.3, 0.4) is 0 Å². The van der Waals surface area contributed by atoms with E-state index in [0.717, 1.165) is 0 Å². The van der Waals surface area contributed by atoms with Gasteiger partial charge in [0, 0.05) is 29.5 Å². The number of nitrogens with zero attached hydrogens (tertiary/aromatic N) is 2. The second-order valence-corrected chi connectivity index (χ2v) is 7.02. The molecule has 0 aliphatic rings. The van der Waals surface area contributed by atoms with Crippen molar-refractivity contribution >= 4 is 29.0 Å². The van der Waals surface area contributed by atoms with Crippen LogP contribution >= 0.6 is 0 Å². The molecule has 0 aliphatic carbocycles. The Morgan fingerprint density at radius 3 is 2.03 bits per heavy atom. The summed E-state index contributed by atoms with van der Waals surface area (Å²) >= 11 is 0. The average Bonchev–Trinajstić information content (AvgIpc) is 3.25. The summed E-state index contributed by atoms with van der Waals surface area (Å²) < 4.78 is 10.5. The first-order valence-electron chi connectivity index (χ1n) is 10.1. The van der Waals surface area contributed by atoms with Gasteiger partial charge in [0.1, 0.15) is 5.75 Å². The first-order chi connectivity index (χ1) is 16.0. The summed E-state index contributed by atoms with van der Waals surface area (Å²) in [6.07, 6.45) is 0. The fourth-order valence-corrected chi connectivity index (χ4v) is 2.91. The van der Waals surface area contributed by atoms with Crippen LogP contribution < -0.4 is 20.7 Å². The lowest BCUT2D eigenvalue weighted by atomic mass is 10.2.